The molecule has 0 bridgehead atoms. The third kappa shape index (κ3) is 27.2. The van der Waals surface area contributed by atoms with Gasteiger partial charge in [-0.15, -0.1) is 0 Å². The molecule has 0 aliphatic heterocycles. The summed E-state index contributed by atoms with van der Waals surface area (Å²) in [7, 11) is 0. The molecule has 0 radical (unpaired) electrons. The summed E-state index contributed by atoms with van der Waals surface area (Å²) in [4.78, 5) is 12.3. The average molecular weight is 578 g/mol. The molecule has 0 aromatic carbocycles. The van der Waals surface area contributed by atoms with E-state index in [1.54, 1.807) is 6.08 Å². The molecule has 3 unspecified atom stereocenters. The maximum Gasteiger partial charge on any atom is 0.249 e. The minimum absolute atomic E-state index is 0.380. The van der Waals surface area contributed by atoms with Crippen LogP contribution < -0.4 is 5.32 Å². The molecule has 0 heterocycles. The summed E-state index contributed by atoms with van der Waals surface area (Å²) in [5, 5.41) is 32.8. The maximum atomic E-state index is 12.3. The molecule has 5 nitrogen and oxygen atoms in total. The van der Waals surface area contributed by atoms with Gasteiger partial charge in [0.05, 0.1) is 18.8 Å². The number of hydrogen-bond acceptors (Lipinski definition) is 4. The monoisotopic (exact) mass is 578 g/mol. The highest BCUT2D eigenvalue weighted by Gasteiger charge is 2.22. The summed E-state index contributed by atoms with van der Waals surface area (Å²) in [6.07, 6.45) is 37.3. The second kappa shape index (κ2) is 31.5. The van der Waals surface area contributed by atoms with E-state index < -0.39 is 24.2 Å². The Morgan fingerprint density at radius 3 is 1.49 bits per heavy atom. The molecule has 0 rings (SSSR count). The van der Waals surface area contributed by atoms with E-state index in [1.807, 2.05) is 6.08 Å². The molecular weight excluding hydrogens is 510 g/mol. The van der Waals surface area contributed by atoms with Crippen LogP contribution in [-0.2, 0) is 4.79 Å². The summed E-state index contributed by atoms with van der Waals surface area (Å²) in [5.74, 6) is -0.521. The number of allylic oxidation sites excluding steroid dienone is 5. The van der Waals surface area contributed by atoms with Crippen molar-refractivity contribution in [2.24, 2.45) is 0 Å². The van der Waals surface area contributed by atoms with Gasteiger partial charge in [-0.1, -0.05) is 153 Å². The van der Waals surface area contributed by atoms with Gasteiger partial charge in [0.1, 0.15) is 6.10 Å². The van der Waals surface area contributed by atoms with Crippen LogP contribution in [0.25, 0.3) is 0 Å². The summed E-state index contributed by atoms with van der Waals surface area (Å²) in [6.45, 7) is 4.11. The quantitative estimate of drug-likeness (QED) is 0.0507. The lowest BCUT2D eigenvalue weighted by atomic mass is 10.0. The molecule has 0 fully saturated rings. The number of unbranched alkanes of at least 4 members (excludes halogenated alkanes) is 18. The highest BCUT2D eigenvalue weighted by molar-refractivity contribution is 5.80. The fraction of sp³-hybridized carbons (Fsp3) is 0.806. The molecule has 41 heavy (non-hydrogen) atoms. The topological polar surface area (TPSA) is 89.8 Å². The second-order valence-electron chi connectivity index (χ2n) is 11.7. The van der Waals surface area contributed by atoms with Crippen LogP contribution in [0.3, 0.4) is 0 Å². The molecule has 240 valence electrons. The molecule has 0 aliphatic rings. The van der Waals surface area contributed by atoms with Gasteiger partial charge in [-0.2, -0.15) is 0 Å². The smallest absolute Gasteiger partial charge is 0.249 e. The summed E-state index contributed by atoms with van der Waals surface area (Å²) < 4.78 is 0. The first kappa shape index (κ1) is 39.6. The van der Waals surface area contributed by atoms with Crippen LogP contribution in [-0.4, -0.2) is 46.1 Å². The van der Waals surface area contributed by atoms with Crippen molar-refractivity contribution >= 4 is 5.91 Å². The van der Waals surface area contributed by atoms with Gasteiger partial charge in [0, 0.05) is 0 Å². The number of amides is 1. The predicted molar refractivity (Wildman–Crippen MR) is 176 cm³/mol. The van der Waals surface area contributed by atoms with E-state index in [1.165, 1.54) is 96.3 Å². The van der Waals surface area contributed by atoms with E-state index in [0.29, 0.717) is 6.42 Å². The summed E-state index contributed by atoms with van der Waals surface area (Å²) in [5.41, 5.74) is 0. The maximum absolute atomic E-state index is 12.3. The van der Waals surface area contributed by atoms with Crippen molar-refractivity contribution in [2.45, 2.75) is 180 Å². The molecule has 0 aromatic heterocycles. The molecular formula is C36H67NO4. The van der Waals surface area contributed by atoms with Gasteiger partial charge >= 0.3 is 0 Å². The van der Waals surface area contributed by atoms with E-state index >= 15 is 0 Å². The van der Waals surface area contributed by atoms with Crippen molar-refractivity contribution in [1.82, 2.24) is 5.32 Å². The third-order valence-corrected chi connectivity index (χ3v) is 7.71. The van der Waals surface area contributed by atoms with E-state index in [0.717, 1.165) is 44.9 Å². The molecule has 5 heteroatoms. The second-order valence-corrected chi connectivity index (χ2v) is 11.7. The van der Waals surface area contributed by atoms with E-state index in [9.17, 15) is 20.1 Å². The van der Waals surface area contributed by atoms with Crippen LogP contribution >= 0.6 is 0 Å². The standard InChI is InChI=1S/C36H67NO4/c1-3-5-7-9-11-13-15-16-17-18-19-20-21-23-24-26-28-30-34(39)33(32-38)37-36(41)35(40)31-29-27-25-22-14-12-10-8-6-4-2/h17-18,21,23,28,30,33-35,38-40H,3-16,19-20,22,24-27,29,31-32H2,1-2H3,(H,37,41)/b18-17+,23-21+,30-28+. The molecule has 0 spiro atoms. The van der Waals surface area contributed by atoms with Crippen molar-refractivity contribution in [2.75, 3.05) is 6.61 Å². The Kier molecular flexibility index (Phi) is 30.4. The zero-order valence-electron chi connectivity index (χ0n) is 26.9. The molecule has 0 aliphatic carbocycles. The van der Waals surface area contributed by atoms with E-state index in [4.69, 9.17) is 0 Å². The van der Waals surface area contributed by atoms with Crippen LogP contribution in [0.1, 0.15) is 162 Å². The number of rotatable bonds is 30. The summed E-state index contributed by atoms with van der Waals surface area (Å²) >= 11 is 0. The first-order valence-electron chi connectivity index (χ1n) is 17.3. The molecule has 0 aromatic rings. The SMILES string of the molecule is CCCCCCCCC/C=C/CC/C=C/CC/C=C/C(O)C(CO)NC(=O)C(O)CCCCCCCCCCCC. The third-order valence-electron chi connectivity index (χ3n) is 7.71. The van der Waals surface area contributed by atoms with Crippen molar-refractivity contribution in [3.05, 3.63) is 36.5 Å². The van der Waals surface area contributed by atoms with Crippen molar-refractivity contribution in [3.8, 4) is 0 Å². The zero-order chi connectivity index (χ0) is 30.2. The highest BCUT2D eigenvalue weighted by atomic mass is 16.3. The Bertz CT molecular complexity index is 645. The molecule has 0 saturated heterocycles. The summed E-state index contributed by atoms with van der Waals surface area (Å²) in [6, 6.07) is -0.815. The first-order valence-corrected chi connectivity index (χ1v) is 17.3. The number of carbonyl (C=O) groups is 1. The largest absolute Gasteiger partial charge is 0.394 e. The van der Waals surface area contributed by atoms with Crippen LogP contribution in [0.4, 0.5) is 0 Å². The van der Waals surface area contributed by atoms with Crippen LogP contribution in [0.15, 0.2) is 36.5 Å². The van der Waals surface area contributed by atoms with Crippen molar-refractivity contribution in [1.29, 1.82) is 0 Å². The highest BCUT2D eigenvalue weighted by Crippen LogP contribution is 2.13. The van der Waals surface area contributed by atoms with Crippen LogP contribution in [0.2, 0.25) is 0 Å². The zero-order valence-corrected chi connectivity index (χ0v) is 26.9. The lowest BCUT2D eigenvalue weighted by Gasteiger charge is -2.21. The Labute approximate surface area is 254 Å². The van der Waals surface area contributed by atoms with Crippen LogP contribution in [0, 0.1) is 0 Å². The first-order chi connectivity index (χ1) is 20.1. The molecule has 3 atom stereocenters. The molecule has 1 amide bonds. The Hall–Kier alpha value is -1.43. The Morgan fingerprint density at radius 2 is 1.00 bits per heavy atom. The van der Waals surface area contributed by atoms with Gasteiger partial charge in [-0.3, -0.25) is 4.79 Å². The number of aliphatic hydroxyl groups excluding tert-OH is 3. The van der Waals surface area contributed by atoms with E-state index in [2.05, 4.69) is 43.5 Å². The van der Waals surface area contributed by atoms with E-state index in [-0.39, 0.29) is 6.61 Å². The number of hydrogen-bond donors (Lipinski definition) is 4. The lowest BCUT2D eigenvalue weighted by molar-refractivity contribution is -0.131. The average Bonchev–Trinajstić information content (AvgIpc) is 2.98. The number of nitrogens with one attached hydrogen (secondary N) is 1. The Morgan fingerprint density at radius 1 is 0.585 bits per heavy atom. The Balaban J connectivity index is 3.86. The van der Waals surface area contributed by atoms with Gasteiger partial charge in [0.25, 0.3) is 0 Å². The number of aliphatic hydroxyl groups is 3. The van der Waals surface area contributed by atoms with Crippen LogP contribution in [0.5, 0.6) is 0 Å². The predicted octanol–water partition coefficient (Wildman–Crippen LogP) is 8.87. The van der Waals surface area contributed by atoms with Crippen molar-refractivity contribution in [3.63, 3.8) is 0 Å². The fourth-order valence-corrected chi connectivity index (χ4v) is 4.92. The minimum Gasteiger partial charge on any atom is -0.394 e. The molecule has 4 N–H and O–H groups in total. The number of carbonyl (C=O) groups excluding carboxylic acids is 1. The fourth-order valence-electron chi connectivity index (χ4n) is 4.92. The minimum atomic E-state index is -1.10. The van der Waals surface area contributed by atoms with Gasteiger partial charge in [0.15, 0.2) is 0 Å². The van der Waals surface area contributed by atoms with Gasteiger partial charge in [-0.25, -0.2) is 0 Å². The van der Waals surface area contributed by atoms with Gasteiger partial charge < -0.3 is 20.6 Å². The van der Waals surface area contributed by atoms with Gasteiger partial charge in [-0.05, 0) is 44.9 Å². The normalized spacial score (nSPS) is 14.4. The lowest BCUT2D eigenvalue weighted by Crippen LogP contribution is -2.48. The molecule has 0 saturated carbocycles. The van der Waals surface area contributed by atoms with Crippen molar-refractivity contribution < 1.29 is 20.1 Å². The van der Waals surface area contributed by atoms with Gasteiger partial charge in [0.2, 0.25) is 5.91 Å².